The fourth-order valence-corrected chi connectivity index (χ4v) is 4.14. The highest BCUT2D eigenvalue weighted by atomic mass is 32.2. The van der Waals surface area contributed by atoms with Crippen LogP contribution in [-0.2, 0) is 16.6 Å². The summed E-state index contributed by atoms with van der Waals surface area (Å²) in [6.45, 7) is 2.68. The lowest BCUT2D eigenvalue weighted by Gasteiger charge is -2.19. The van der Waals surface area contributed by atoms with Crippen LogP contribution in [-0.4, -0.2) is 32.9 Å². The first-order valence-corrected chi connectivity index (χ1v) is 11.1. The first kappa shape index (κ1) is 22.3. The molecule has 0 aromatic heterocycles. The number of anilines is 1. The number of carbonyl (C=O) groups excluding carboxylic acids is 1. The van der Waals surface area contributed by atoms with Gasteiger partial charge in [-0.3, -0.25) is 9.52 Å². The van der Waals surface area contributed by atoms with E-state index < -0.39 is 15.8 Å². The SMILES string of the molecule is CCOc1ccccc1CN(C)C(=O)c1cccc(S(=O)(=O)Nc2ccccc2F)c1. The molecule has 3 aromatic rings. The number of nitrogens with one attached hydrogen (secondary N) is 1. The molecule has 0 aliphatic carbocycles. The largest absolute Gasteiger partial charge is 0.494 e. The van der Waals surface area contributed by atoms with Crippen LogP contribution in [0, 0.1) is 5.82 Å². The molecule has 0 heterocycles. The number of hydrogen-bond acceptors (Lipinski definition) is 4. The van der Waals surface area contributed by atoms with Gasteiger partial charge in [0.1, 0.15) is 11.6 Å². The van der Waals surface area contributed by atoms with E-state index in [1.165, 1.54) is 47.4 Å². The zero-order valence-electron chi connectivity index (χ0n) is 17.2. The molecule has 3 aromatic carbocycles. The lowest BCUT2D eigenvalue weighted by molar-refractivity contribution is 0.0783. The fraction of sp³-hybridized carbons (Fsp3) is 0.174. The van der Waals surface area contributed by atoms with Crippen LogP contribution < -0.4 is 9.46 Å². The maximum Gasteiger partial charge on any atom is 0.262 e. The Labute approximate surface area is 181 Å². The monoisotopic (exact) mass is 442 g/mol. The van der Waals surface area contributed by atoms with Crippen molar-refractivity contribution in [1.82, 2.24) is 4.90 Å². The number of rotatable bonds is 8. The molecule has 6 nitrogen and oxygen atoms in total. The summed E-state index contributed by atoms with van der Waals surface area (Å²) in [6.07, 6.45) is 0. The molecule has 0 fully saturated rings. The van der Waals surface area contributed by atoms with Crippen LogP contribution >= 0.6 is 0 Å². The number of carbonyl (C=O) groups is 1. The Hall–Kier alpha value is -3.39. The van der Waals surface area contributed by atoms with Crippen LogP contribution in [0.25, 0.3) is 0 Å². The van der Waals surface area contributed by atoms with Gasteiger partial charge in [-0.15, -0.1) is 0 Å². The first-order valence-electron chi connectivity index (χ1n) is 9.65. The van der Waals surface area contributed by atoms with E-state index in [9.17, 15) is 17.6 Å². The maximum atomic E-state index is 13.8. The van der Waals surface area contributed by atoms with Gasteiger partial charge in [-0.1, -0.05) is 36.4 Å². The standard InChI is InChI=1S/C23H23FN2O4S/c1-3-30-22-14-7-4-9-18(22)16-26(2)23(27)17-10-8-11-19(15-17)31(28,29)25-21-13-6-5-12-20(21)24/h4-15,25H,3,16H2,1-2H3. The molecule has 1 amide bonds. The van der Waals surface area contributed by atoms with Crippen LogP contribution in [0.1, 0.15) is 22.8 Å². The molecular formula is C23H23FN2O4S. The highest BCUT2D eigenvalue weighted by molar-refractivity contribution is 7.92. The minimum Gasteiger partial charge on any atom is -0.494 e. The molecule has 0 unspecified atom stereocenters. The van der Waals surface area contributed by atoms with E-state index in [2.05, 4.69) is 4.72 Å². The van der Waals surface area contributed by atoms with Gasteiger partial charge in [0.05, 0.1) is 17.2 Å². The number of hydrogen-bond donors (Lipinski definition) is 1. The second-order valence-corrected chi connectivity index (χ2v) is 8.50. The van der Waals surface area contributed by atoms with Crippen molar-refractivity contribution in [1.29, 1.82) is 0 Å². The molecule has 0 aliphatic rings. The minimum atomic E-state index is -4.07. The van der Waals surface area contributed by atoms with Gasteiger partial charge in [0.25, 0.3) is 15.9 Å². The molecule has 3 rings (SSSR count). The van der Waals surface area contributed by atoms with Crippen molar-refractivity contribution in [3.05, 3.63) is 89.7 Å². The smallest absolute Gasteiger partial charge is 0.262 e. The molecule has 162 valence electrons. The average Bonchev–Trinajstić information content (AvgIpc) is 2.76. The van der Waals surface area contributed by atoms with Crippen molar-refractivity contribution >= 4 is 21.6 Å². The first-order chi connectivity index (χ1) is 14.8. The number of amides is 1. The summed E-state index contributed by atoms with van der Waals surface area (Å²) < 4.78 is 47.0. The second-order valence-electron chi connectivity index (χ2n) is 6.82. The molecule has 31 heavy (non-hydrogen) atoms. The molecule has 0 saturated carbocycles. The van der Waals surface area contributed by atoms with Crippen molar-refractivity contribution in [3.63, 3.8) is 0 Å². The van der Waals surface area contributed by atoms with Gasteiger partial charge in [0.2, 0.25) is 0 Å². The number of para-hydroxylation sites is 2. The Morgan fingerprint density at radius 1 is 1.03 bits per heavy atom. The number of nitrogens with zero attached hydrogens (tertiary/aromatic N) is 1. The summed E-state index contributed by atoms with van der Waals surface area (Å²) in [5.74, 6) is -0.352. The van der Waals surface area contributed by atoms with Crippen LogP contribution in [0.4, 0.5) is 10.1 Å². The van der Waals surface area contributed by atoms with Crippen LogP contribution in [0.5, 0.6) is 5.75 Å². The number of sulfonamides is 1. The minimum absolute atomic E-state index is 0.135. The maximum absolute atomic E-state index is 13.8. The molecule has 0 bridgehead atoms. The van der Waals surface area contributed by atoms with Gasteiger partial charge in [-0.05, 0) is 43.3 Å². The number of benzene rings is 3. The van der Waals surface area contributed by atoms with Gasteiger partial charge in [-0.2, -0.15) is 0 Å². The predicted octanol–water partition coefficient (Wildman–Crippen LogP) is 4.30. The second kappa shape index (κ2) is 9.61. The van der Waals surface area contributed by atoms with Gasteiger partial charge in [-0.25, -0.2) is 12.8 Å². The topological polar surface area (TPSA) is 75.7 Å². The molecular weight excluding hydrogens is 419 g/mol. The third-order valence-corrected chi connectivity index (χ3v) is 5.90. The van der Waals surface area contributed by atoms with Gasteiger partial charge >= 0.3 is 0 Å². The lowest BCUT2D eigenvalue weighted by Crippen LogP contribution is -2.26. The third-order valence-electron chi connectivity index (χ3n) is 4.54. The van der Waals surface area contributed by atoms with E-state index in [1.54, 1.807) is 7.05 Å². The van der Waals surface area contributed by atoms with Crippen molar-refractivity contribution in [2.24, 2.45) is 0 Å². The van der Waals surface area contributed by atoms with Crippen molar-refractivity contribution in [2.45, 2.75) is 18.4 Å². The Bertz CT molecular complexity index is 1180. The van der Waals surface area contributed by atoms with E-state index in [0.717, 1.165) is 11.6 Å². The normalized spacial score (nSPS) is 11.1. The zero-order chi connectivity index (χ0) is 22.4. The van der Waals surface area contributed by atoms with Crippen LogP contribution in [0.15, 0.2) is 77.7 Å². The summed E-state index contributed by atoms with van der Waals surface area (Å²) in [5, 5.41) is 0. The zero-order valence-corrected chi connectivity index (χ0v) is 18.0. The van der Waals surface area contributed by atoms with Gasteiger partial charge in [0, 0.05) is 24.7 Å². The molecule has 0 radical (unpaired) electrons. The van der Waals surface area contributed by atoms with Crippen LogP contribution in [0.3, 0.4) is 0 Å². The van der Waals surface area contributed by atoms with Crippen LogP contribution in [0.2, 0.25) is 0 Å². The molecule has 0 spiro atoms. The van der Waals surface area contributed by atoms with E-state index >= 15 is 0 Å². The highest BCUT2D eigenvalue weighted by Gasteiger charge is 2.20. The molecule has 0 atom stereocenters. The number of ether oxygens (including phenoxy) is 1. The predicted molar refractivity (Wildman–Crippen MR) is 117 cm³/mol. The van der Waals surface area contributed by atoms with Crippen molar-refractivity contribution in [3.8, 4) is 5.75 Å². The fourth-order valence-electron chi connectivity index (χ4n) is 3.02. The summed E-state index contributed by atoms with van der Waals surface area (Å²) in [6, 6.07) is 18.5. The third kappa shape index (κ3) is 5.40. The van der Waals surface area contributed by atoms with Crippen molar-refractivity contribution in [2.75, 3.05) is 18.4 Å². The van der Waals surface area contributed by atoms with E-state index in [0.29, 0.717) is 18.9 Å². The Morgan fingerprint density at radius 2 is 1.74 bits per heavy atom. The molecule has 0 aliphatic heterocycles. The van der Waals surface area contributed by atoms with E-state index in [4.69, 9.17) is 4.74 Å². The Balaban J connectivity index is 1.80. The summed E-state index contributed by atoms with van der Waals surface area (Å²) in [4.78, 5) is 14.3. The van der Waals surface area contributed by atoms with Crippen molar-refractivity contribution < 1.29 is 22.3 Å². The average molecular weight is 443 g/mol. The molecule has 8 heteroatoms. The highest BCUT2D eigenvalue weighted by Crippen LogP contribution is 2.22. The Morgan fingerprint density at radius 3 is 2.48 bits per heavy atom. The summed E-state index contributed by atoms with van der Waals surface area (Å²) in [7, 11) is -2.44. The lowest BCUT2D eigenvalue weighted by atomic mass is 10.1. The summed E-state index contributed by atoms with van der Waals surface area (Å²) in [5.41, 5.74) is 0.877. The molecule has 0 saturated heterocycles. The van der Waals surface area contributed by atoms with Gasteiger partial charge in [0.15, 0.2) is 0 Å². The number of halogens is 1. The quantitative estimate of drug-likeness (QED) is 0.565. The van der Waals surface area contributed by atoms with E-state index in [1.807, 2.05) is 31.2 Å². The van der Waals surface area contributed by atoms with E-state index in [-0.39, 0.29) is 22.1 Å². The summed E-state index contributed by atoms with van der Waals surface area (Å²) >= 11 is 0. The molecule has 1 N–H and O–H groups in total. The Kier molecular flexibility index (Phi) is 6.91. The van der Waals surface area contributed by atoms with Gasteiger partial charge < -0.3 is 9.64 Å².